The van der Waals surface area contributed by atoms with E-state index in [0.717, 1.165) is 4.31 Å². The number of carbonyl (C=O) groups is 2. The monoisotopic (exact) mass is 533 g/mol. The summed E-state index contributed by atoms with van der Waals surface area (Å²) in [5.74, 6) is 5.26. The zero-order valence-corrected chi connectivity index (χ0v) is 21.7. The van der Waals surface area contributed by atoms with Crippen molar-refractivity contribution in [3.63, 3.8) is 0 Å². The lowest BCUT2D eigenvalue weighted by Crippen LogP contribution is -2.40. The molecule has 0 aliphatic carbocycles. The van der Waals surface area contributed by atoms with Crippen molar-refractivity contribution in [1.29, 1.82) is 0 Å². The van der Waals surface area contributed by atoms with Crippen molar-refractivity contribution in [2.24, 2.45) is 0 Å². The van der Waals surface area contributed by atoms with Gasteiger partial charge in [0.1, 0.15) is 24.1 Å². The Labute approximate surface area is 216 Å². The highest BCUT2D eigenvalue weighted by molar-refractivity contribution is 7.89. The molecule has 1 atom stereocenters. The summed E-state index contributed by atoms with van der Waals surface area (Å²) in [6.45, 7) is 4.44. The minimum Gasteiger partial charge on any atom is -0.494 e. The van der Waals surface area contributed by atoms with Crippen LogP contribution in [-0.4, -0.2) is 63.3 Å². The van der Waals surface area contributed by atoms with E-state index in [1.54, 1.807) is 32.0 Å². The van der Waals surface area contributed by atoms with E-state index >= 15 is 0 Å². The lowest BCUT2D eigenvalue weighted by atomic mass is 10.1. The number of nitrogens with zero attached hydrogens (tertiary/aromatic N) is 1. The third kappa shape index (κ3) is 8.68. The quantitative estimate of drug-likeness (QED) is 0.154. The molecule has 0 aromatic heterocycles. The molecule has 0 aliphatic rings. The molecule has 2 amide bonds. The highest BCUT2D eigenvalue weighted by Crippen LogP contribution is 2.29. The number of alkyl carbamates (subject to hydrolysis) is 1. The molecule has 2 rings (SSSR count). The highest BCUT2D eigenvalue weighted by Gasteiger charge is 2.34. The number of amides is 2. The van der Waals surface area contributed by atoms with Gasteiger partial charge < -0.3 is 19.5 Å². The van der Waals surface area contributed by atoms with Gasteiger partial charge in [0.05, 0.1) is 18.1 Å². The Hall–Kier alpha value is -3.79. The van der Waals surface area contributed by atoms with E-state index in [1.807, 2.05) is 0 Å². The molecule has 2 aromatic carbocycles. The van der Waals surface area contributed by atoms with Crippen molar-refractivity contribution < 1.29 is 37.4 Å². The molecule has 2 aromatic rings. The summed E-state index contributed by atoms with van der Waals surface area (Å²) in [5.41, 5.74) is 1.84. The Bertz CT molecular complexity index is 1210. The van der Waals surface area contributed by atoms with Gasteiger partial charge in [0.15, 0.2) is 0 Å². The SMILES string of the molecule is CC#CCOc1cccc(S(=O)(=O)N(C)C(C(=O)NO)c2ccc(OCCCNC(=O)OCC)cc2)c1. The summed E-state index contributed by atoms with van der Waals surface area (Å²) in [7, 11) is -2.92. The van der Waals surface area contributed by atoms with Crippen molar-refractivity contribution in [3.05, 3.63) is 54.1 Å². The third-order valence-electron chi connectivity index (χ3n) is 5.02. The van der Waals surface area contributed by atoms with Gasteiger partial charge in [0, 0.05) is 19.7 Å². The zero-order valence-electron chi connectivity index (χ0n) is 20.9. The number of ether oxygens (including phenoxy) is 3. The van der Waals surface area contributed by atoms with Crippen molar-refractivity contribution >= 4 is 22.0 Å². The highest BCUT2D eigenvalue weighted by atomic mass is 32.2. The minimum absolute atomic E-state index is 0.0934. The molecule has 200 valence electrons. The topological polar surface area (TPSA) is 144 Å². The summed E-state index contributed by atoms with van der Waals surface area (Å²) in [4.78, 5) is 23.7. The average molecular weight is 534 g/mol. The molecule has 37 heavy (non-hydrogen) atoms. The molecule has 0 fully saturated rings. The van der Waals surface area contributed by atoms with Crippen LogP contribution in [0.4, 0.5) is 4.79 Å². The lowest BCUT2D eigenvalue weighted by molar-refractivity contribution is -0.133. The molecule has 0 aliphatic heterocycles. The van der Waals surface area contributed by atoms with E-state index in [4.69, 9.17) is 14.2 Å². The number of likely N-dealkylation sites (N-methyl/N-ethyl adjacent to an activating group) is 1. The molecule has 0 spiro atoms. The van der Waals surface area contributed by atoms with Crippen LogP contribution in [0.15, 0.2) is 53.4 Å². The average Bonchev–Trinajstić information content (AvgIpc) is 2.89. The largest absolute Gasteiger partial charge is 0.494 e. The van der Waals surface area contributed by atoms with Crippen LogP contribution in [0.3, 0.4) is 0 Å². The van der Waals surface area contributed by atoms with Crippen molar-refractivity contribution in [2.75, 3.05) is 33.4 Å². The van der Waals surface area contributed by atoms with Crippen LogP contribution in [0, 0.1) is 11.8 Å². The van der Waals surface area contributed by atoms with Gasteiger partial charge in [-0.2, -0.15) is 4.31 Å². The first-order valence-electron chi connectivity index (χ1n) is 11.4. The second-order valence-corrected chi connectivity index (χ2v) is 9.51. The predicted molar refractivity (Wildman–Crippen MR) is 135 cm³/mol. The minimum atomic E-state index is -4.17. The molecule has 11 nitrogen and oxygen atoms in total. The number of nitrogens with one attached hydrogen (secondary N) is 2. The Kier molecular flexibility index (Phi) is 11.7. The molecule has 1 unspecified atom stereocenters. The van der Waals surface area contributed by atoms with E-state index in [-0.39, 0.29) is 18.1 Å². The molecule has 0 heterocycles. The van der Waals surface area contributed by atoms with Crippen LogP contribution in [0.25, 0.3) is 0 Å². The maximum atomic E-state index is 13.3. The Morgan fingerprint density at radius 3 is 2.49 bits per heavy atom. The molecule has 0 bridgehead atoms. The lowest BCUT2D eigenvalue weighted by Gasteiger charge is -2.26. The van der Waals surface area contributed by atoms with Crippen LogP contribution in [-0.2, 0) is 19.6 Å². The summed E-state index contributed by atoms with van der Waals surface area (Å²) in [6, 6.07) is 10.7. The van der Waals surface area contributed by atoms with E-state index in [1.165, 1.54) is 42.9 Å². The van der Waals surface area contributed by atoms with Crippen LogP contribution in [0.5, 0.6) is 11.5 Å². The Morgan fingerprint density at radius 1 is 1.11 bits per heavy atom. The first kappa shape index (κ1) is 29.4. The summed E-state index contributed by atoms with van der Waals surface area (Å²) in [5, 5.41) is 11.9. The van der Waals surface area contributed by atoms with Gasteiger partial charge in [-0.15, -0.1) is 5.92 Å². The van der Waals surface area contributed by atoms with Crippen LogP contribution in [0.2, 0.25) is 0 Å². The molecular formula is C25H31N3O8S. The molecule has 3 N–H and O–H groups in total. The first-order valence-corrected chi connectivity index (χ1v) is 12.9. The zero-order chi connectivity index (χ0) is 27.3. The van der Waals surface area contributed by atoms with Gasteiger partial charge >= 0.3 is 6.09 Å². The van der Waals surface area contributed by atoms with Gasteiger partial charge in [-0.1, -0.05) is 24.1 Å². The summed E-state index contributed by atoms with van der Waals surface area (Å²) >= 11 is 0. The molecule has 0 saturated heterocycles. The van der Waals surface area contributed by atoms with Crippen LogP contribution in [0.1, 0.15) is 31.9 Å². The number of benzene rings is 2. The van der Waals surface area contributed by atoms with Crippen molar-refractivity contribution in [2.45, 2.75) is 31.2 Å². The molecular weight excluding hydrogens is 502 g/mol. The second-order valence-electron chi connectivity index (χ2n) is 7.51. The van der Waals surface area contributed by atoms with E-state index in [9.17, 15) is 23.2 Å². The smallest absolute Gasteiger partial charge is 0.407 e. The maximum absolute atomic E-state index is 13.3. The molecule has 0 saturated carbocycles. The first-order chi connectivity index (χ1) is 17.7. The Balaban J connectivity index is 2.13. The fourth-order valence-corrected chi connectivity index (χ4v) is 4.53. The number of rotatable bonds is 13. The van der Waals surface area contributed by atoms with Gasteiger partial charge in [-0.25, -0.2) is 18.7 Å². The van der Waals surface area contributed by atoms with Gasteiger partial charge in [0.2, 0.25) is 10.0 Å². The molecule has 12 heteroatoms. The van der Waals surface area contributed by atoms with Crippen molar-refractivity contribution in [1.82, 2.24) is 15.1 Å². The number of hydroxylamine groups is 1. The maximum Gasteiger partial charge on any atom is 0.407 e. The van der Waals surface area contributed by atoms with Gasteiger partial charge in [-0.3, -0.25) is 10.0 Å². The van der Waals surface area contributed by atoms with Gasteiger partial charge in [0.25, 0.3) is 5.91 Å². The normalized spacial score (nSPS) is 11.6. The van der Waals surface area contributed by atoms with E-state index < -0.39 is 28.1 Å². The number of carbonyl (C=O) groups excluding carboxylic acids is 2. The fourth-order valence-electron chi connectivity index (χ4n) is 3.19. The number of hydrogen-bond donors (Lipinski definition) is 3. The standard InChI is InChI=1S/C25H31N3O8S/c1-4-6-16-36-21-9-7-10-22(18-21)37(32,33)28(3)23(24(29)27-31)19-11-13-20(14-12-19)35-17-8-15-26-25(30)34-5-2/h7,9-14,18,23,31H,5,8,15-17H2,1-3H3,(H,26,30)(H,27,29). The predicted octanol–water partition coefficient (Wildman–Crippen LogP) is 2.47. The van der Waals surface area contributed by atoms with Crippen LogP contribution >= 0.6 is 0 Å². The van der Waals surface area contributed by atoms with E-state index in [2.05, 4.69) is 17.2 Å². The number of sulfonamides is 1. The number of hydrogen-bond acceptors (Lipinski definition) is 8. The van der Waals surface area contributed by atoms with Crippen molar-refractivity contribution in [3.8, 4) is 23.3 Å². The Morgan fingerprint density at radius 2 is 1.84 bits per heavy atom. The summed E-state index contributed by atoms with van der Waals surface area (Å²) in [6.07, 6.45) is 0.0365. The second kappa shape index (κ2) is 14.7. The third-order valence-corrected chi connectivity index (χ3v) is 6.84. The summed E-state index contributed by atoms with van der Waals surface area (Å²) < 4.78 is 43.3. The van der Waals surface area contributed by atoms with Crippen LogP contribution < -0.4 is 20.3 Å². The fraction of sp³-hybridized carbons (Fsp3) is 0.360. The van der Waals surface area contributed by atoms with Gasteiger partial charge in [-0.05, 0) is 50.1 Å². The van der Waals surface area contributed by atoms with E-state index in [0.29, 0.717) is 36.6 Å². The molecule has 0 radical (unpaired) electrons.